The van der Waals surface area contributed by atoms with Gasteiger partial charge in [-0.1, -0.05) is 12.1 Å². The van der Waals surface area contributed by atoms with Gasteiger partial charge in [-0.25, -0.2) is 4.39 Å². The average Bonchev–Trinajstić information content (AvgIpc) is 2.78. The third kappa shape index (κ3) is 5.16. The molecule has 0 saturated heterocycles. The first-order valence-electron chi connectivity index (χ1n) is 10.4. The highest BCUT2D eigenvalue weighted by molar-refractivity contribution is 5.79. The number of carbonyl (C=O) groups is 2. The summed E-state index contributed by atoms with van der Waals surface area (Å²) in [6.45, 7) is 2.60. The van der Waals surface area contributed by atoms with Crippen LogP contribution in [0.5, 0.6) is 11.5 Å². The summed E-state index contributed by atoms with van der Waals surface area (Å²) in [5.74, 6) is 0.517. The van der Waals surface area contributed by atoms with Crippen LogP contribution in [0.4, 0.5) is 4.39 Å². The molecule has 2 aromatic carbocycles. The van der Waals surface area contributed by atoms with Crippen LogP contribution in [0.1, 0.15) is 48.9 Å². The van der Waals surface area contributed by atoms with Crippen LogP contribution >= 0.6 is 0 Å². The third-order valence-corrected chi connectivity index (χ3v) is 5.46. The van der Waals surface area contributed by atoms with Crippen molar-refractivity contribution in [2.45, 2.75) is 38.6 Å². The van der Waals surface area contributed by atoms with Crippen molar-refractivity contribution in [1.29, 1.82) is 0 Å². The van der Waals surface area contributed by atoms with Crippen molar-refractivity contribution in [3.63, 3.8) is 0 Å². The Morgan fingerprint density at radius 2 is 1.74 bits per heavy atom. The number of ether oxygens (including phenoxy) is 3. The summed E-state index contributed by atoms with van der Waals surface area (Å²) in [6.07, 6.45) is 1.52. The summed E-state index contributed by atoms with van der Waals surface area (Å²) in [5, 5.41) is 0. The molecular formula is C24H28FNO5. The van der Waals surface area contributed by atoms with Gasteiger partial charge < -0.3 is 19.1 Å². The second-order valence-electron chi connectivity index (χ2n) is 7.36. The summed E-state index contributed by atoms with van der Waals surface area (Å²) in [6, 6.07) is 9.64. The standard InChI is InChI=1S/C24H28FNO5/c1-4-31-23(28)7-5-6-22(27)26-13-12-17-14-20(29-2)21(30-3)15-19(17)24(26)16-8-10-18(25)11-9-16/h8-11,14-15,24H,4-7,12-13H2,1-3H3. The highest BCUT2D eigenvalue weighted by Crippen LogP contribution is 2.41. The Balaban J connectivity index is 1.91. The lowest BCUT2D eigenvalue weighted by Gasteiger charge is -2.38. The van der Waals surface area contributed by atoms with Crippen LogP contribution in [-0.4, -0.2) is 44.1 Å². The Labute approximate surface area is 181 Å². The molecule has 0 N–H and O–H groups in total. The van der Waals surface area contributed by atoms with Crippen LogP contribution in [0.3, 0.4) is 0 Å². The maximum Gasteiger partial charge on any atom is 0.305 e. The molecule has 0 spiro atoms. The van der Waals surface area contributed by atoms with E-state index in [2.05, 4.69) is 0 Å². The number of rotatable bonds is 8. The van der Waals surface area contributed by atoms with Crippen molar-refractivity contribution in [1.82, 2.24) is 4.90 Å². The highest BCUT2D eigenvalue weighted by atomic mass is 19.1. The molecule has 1 atom stereocenters. The second-order valence-corrected chi connectivity index (χ2v) is 7.36. The predicted molar refractivity (Wildman–Crippen MR) is 114 cm³/mol. The molecule has 0 saturated carbocycles. The zero-order valence-electron chi connectivity index (χ0n) is 18.2. The highest BCUT2D eigenvalue weighted by Gasteiger charge is 2.33. The maximum absolute atomic E-state index is 13.6. The number of esters is 1. The fraction of sp³-hybridized carbons (Fsp3) is 0.417. The summed E-state index contributed by atoms with van der Waals surface area (Å²) in [7, 11) is 3.15. The first-order valence-corrected chi connectivity index (χ1v) is 10.4. The van der Waals surface area contributed by atoms with Gasteiger partial charge in [0.1, 0.15) is 5.82 Å². The molecule has 1 unspecified atom stereocenters. The van der Waals surface area contributed by atoms with Gasteiger partial charge in [0.2, 0.25) is 5.91 Å². The summed E-state index contributed by atoms with van der Waals surface area (Å²) in [4.78, 5) is 26.5. The Morgan fingerprint density at radius 3 is 2.39 bits per heavy atom. The molecule has 1 aliphatic heterocycles. The second kappa shape index (κ2) is 10.3. The third-order valence-electron chi connectivity index (χ3n) is 5.46. The number of benzene rings is 2. The summed E-state index contributed by atoms with van der Waals surface area (Å²) in [5.41, 5.74) is 2.80. The lowest BCUT2D eigenvalue weighted by Crippen LogP contribution is -2.40. The van der Waals surface area contributed by atoms with Crippen LogP contribution in [0.15, 0.2) is 36.4 Å². The lowest BCUT2D eigenvalue weighted by atomic mass is 9.87. The van der Waals surface area contributed by atoms with Crippen LogP contribution < -0.4 is 9.47 Å². The Kier molecular flexibility index (Phi) is 7.50. The quantitative estimate of drug-likeness (QED) is 0.593. The molecule has 1 heterocycles. The van der Waals surface area contributed by atoms with E-state index in [9.17, 15) is 14.0 Å². The molecular weight excluding hydrogens is 401 g/mol. The van der Waals surface area contributed by atoms with Crippen molar-refractivity contribution in [3.8, 4) is 11.5 Å². The molecule has 0 radical (unpaired) electrons. The molecule has 166 valence electrons. The number of halogens is 1. The van der Waals surface area contributed by atoms with Crippen molar-refractivity contribution >= 4 is 11.9 Å². The molecule has 7 heteroatoms. The van der Waals surface area contributed by atoms with Crippen LogP contribution in [0.25, 0.3) is 0 Å². The molecule has 1 amide bonds. The van der Waals surface area contributed by atoms with Gasteiger partial charge in [0.05, 0.1) is 26.9 Å². The normalized spacial score (nSPS) is 15.2. The van der Waals surface area contributed by atoms with Gasteiger partial charge in [0, 0.05) is 19.4 Å². The fourth-order valence-corrected chi connectivity index (χ4v) is 3.98. The van der Waals surface area contributed by atoms with Crippen molar-refractivity contribution in [2.24, 2.45) is 0 Å². The molecule has 0 fully saturated rings. The molecule has 0 aliphatic carbocycles. The number of hydrogen-bond donors (Lipinski definition) is 0. The average molecular weight is 429 g/mol. The van der Waals surface area contributed by atoms with Gasteiger partial charge >= 0.3 is 5.97 Å². The largest absolute Gasteiger partial charge is 0.493 e. The van der Waals surface area contributed by atoms with E-state index in [-0.39, 0.29) is 36.6 Å². The van der Waals surface area contributed by atoms with Gasteiger partial charge in [-0.3, -0.25) is 9.59 Å². The summed E-state index contributed by atoms with van der Waals surface area (Å²) < 4.78 is 29.4. The van der Waals surface area contributed by atoms with Crippen LogP contribution in [-0.2, 0) is 20.7 Å². The van der Waals surface area contributed by atoms with Gasteiger partial charge in [0.15, 0.2) is 11.5 Å². The van der Waals surface area contributed by atoms with E-state index < -0.39 is 0 Å². The molecule has 0 aromatic heterocycles. The van der Waals surface area contributed by atoms with E-state index in [0.717, 1.165) is 16.7 Å². The molecule has 6 nitrogen and oxygen atoms in total. The maximum atomic E-state index is 13.6. The van der Waals surface area contributed by atoms with Crippen molar-refractivity contribution < 1.29 is 28.2 Å². The van der Waals surface area contributed by atoms with E-state index >= 15 is 0 Å². The van der Waals surface area contributed by atoms with Crippen molar-refractivity contribution in [3.05, 3.63) is 58.9 Å². The fourth-order valence-electron chi connectivity index (χ4n) is 3.98. The number of nitrogens with zero attached hydrogens (tertiary/aromatic N) is 1. The van der Waals surface area contributed by atoms with Gasteiger partial charge in [-0.05, 0) is 60.7 Å². The predicted octanol–water partition coefficient (Wildman–Crippen LogP) is 4.05. The first kappa shape index (κ1) is 22.6. The van der Waals surface area contributed by atoms with Crippen LogP contribution in [0.2, 0.25) is 0 Å². The smallest absolute Gasteiger partial charge is 0.305 e. The molecule has 1 aliphatic rings. The topological polar surface area (TPSA) is 65.1 Å². The molecule has 31 heavy (non-hydrogen) atoms. The Hall–Kier alpha value is -3.09. The molecule has 0 bridgehead atoms. The van der Waals surface area contributed by atoms with Gasteiger partial charge in [0.25, 0.3) is 0 Å². The van der Waals surface area contributed by atoms with E-state index in [4.69, 9.17) is 14.2 Å². The van der Waals surface area contributed by atoms with Crippen LogP contribution in [0, 0.1) is 5.82 Å². The van der Waals surface area contributed by atoms with E-state index in [1.54, 1.807) is 38.2 Å². The summed E-state index contributed by atoms with van der Waals surface area (Å²) >= 11 is 0. The minimum Gasteiger partial charge on any atom is -0.493 e. The van der Waals surface area contributed by atoms with E-state index in [1.165, 1.54) is 12.1 Å². The molecule has 2 aromatic rings. The number of fused-ring (bicyclic) bond motifs is 1. The Morgan fingerprint density at radius 1 is 1.06 bits per heavy atom. The molecule has 3 rings (SSSR count). The number of amides is 1. The monoisotopic (exact) mass is 429 g/mol. The number of carbonyl (C=O) groups excluding carboxylic acids is 2. The van der Waals surface area contributed by atoms with Gasteiger partial charge in [-0.2, -0.15) is 0 Å². The lowest BCUT2D eigenvalue weighted by molar-refractivity contribution is -0.143. The van der Waals surface area contributed by atoms with E-state index in [1.807, 2.05) is 12.1 Å². The zero-order valence-corrected chi connectivity index (χ0v) is 18.2. The first-order chi connectivity index (χ1) is 15.0. The van der Waals surface area contributed by atoms with Crippen molar-refractivity contribution in [2.75, 3.05) is 27.4 Å². The number of methoxy groups -OCH3 is 2. The number of hydrogen-bond acceptors (Lipinski definition) is 5. The van der Waals surface area contributed by atoms with Gasteiger partial charge in [-0.15, -0.1) is 0 Å². The SMILES string of the molecule is CCOC(=O)CCCC(=O)N1CCc2cc(OC)c(OC)cc2C1c1ccc(F)cc1. The van der Waals surface area contributed by atoms with E-state index in [0.29, 0.717) is 37.5 Å². The zero-order chi connectivity index (χ0) is 22.4. The minimum absolute atomic E-state index is 0.0564. The Bertz CT molecular complexity index is 928. The minimum atomic E-state index is -0.376.